The molecule has 1 saturated heterocycles. The summed E-state index contributed by atoms with van der Waals surface area (Å²) in [5.41, 5.74) is 6.00. The van der Waals surface area contributed by atoms with Crippen molar-refractivity contribution in [2.75, 3.05) is 36.9 Å². The Balaban J connectivity index is 0.000000956. The number of hydrogen-bond acceptors (Lipinski definition) is 6. The van der Waals surface area contributed by atoms with Gasteiger partial charge in [-0.25, -0.2) is 4.98 Å². The smallest absolute Gasteiger partial charge is 0.160 e. The van der Waals surface area contributed by atoms with Crippen molar-refractivity contribution >= 4 is 28.7 Å². The van der Waals surface area contributed by atoms with Crippen LogP contribution in [0.2, 0.25) is 0 Å². The highest BCUT2D eigenvalue weighted by molar-refractivity contribution is 5.68. The van der Waals surface area contributed by atoms with Crippen molar-refractivity contribution < 1.29 is 0 Å². The molecule has 0 bridgehead atoms. The second kappa shape index (κ2) is 14.2. The molecule has 202 valence electrons. The minimum atomic E-state index is 0.864. The Morgan fingerprint density at radius 1 is 1.00 bits per heavy atom. The molecule has 7 nitrogen and oxygen atoms in total. The van der Waals surface area contributed by atoms with Gasteiger partial charge >= 0.3 is 0 Å². The van der Waals surface area contributed by atoms with Crippen molar-refractivity contribution in [1.29, 1.82) is 0 Å². The van der Waals surface area contributed by atoms with Crippen LogP contribution in [0.1, 0.15) is 57.5 Å². The van der Waals surface area contributed by atoms with E-state index in [0.29, 0.717) is 0 Å². The number of rotatable bonds is 8. The Kier molecular flexibility index (Phi) is 10.7. The van der Waals surface area contributed by atoms with E-state index in [2.05, 4.69) is 75.2 Å². The molecular formula is C31H43N7. The van der Waals surface area contributed by atoms with Crippen LogP contribution in [0.5, 0.6) is 0 Å². The average Bonchev–Trinajstić information content (AvgIpc) is 3.64. The van der Waals surface area contributed by atoms with Gasteiger partial charge < -0.3 is 15.1 Å². The molecule has 0 spiro atoms. The quantitative estimate of drug-likeness (QED) is 0.274. The van der Waals surface area contributed by atoms with E-state index >= 15 is 0 Å². The third kappa shape index (κ3) is 7.12. The number of benzene rings is 1. The number of fused-ring (bicyclic) bond motifs is 1. The van der Waals surface area contributed by atoms with Crippen molar-refractivity contribution in [2.24, 2.45) is 0 Å². The monoisotopic (exact) mass is 513 g/mol. The lowest BCUT2D eigenvalue weighted by Gasteiger charge is -2.22. The van der Waals surface area contributed by atoms with Gasteiger partial charge in [0.15, 0.2) is 5.65 Å². The van der Waals surface area contributed by atoms with E-state index < -0.39 is 0 Å². The van der Waals surface area contributed by atoms with Gasteiger partial charge in [-0.05, 0) is 49.6 Å². The molecule has 1 fully saturated rings. The number of pyridine rings is 1. The number of nitrogens with one attached hydrogen (secondary N) is 1. The molecule has 38 heavy (non-hydrogen) atoms. The maximum Gasteiger partial charge on any atom is 0.160 e. The van der Waals surface area contributed by atoms with Crippen molar-refractivity contribution in [1.82, 2.24) is 24.5 Å². The second-order valence-electron chi connectivity index (χ2n) is 8.89. The van der Waals surface area contributed by atoms with Crippen molar-refractivity contribution in [3.05, 3.63) is 84.3 Å². The van der Waals surface area contributed by atoms with E-state index in [1.54, 1.807) is 0 Å². The van der Waals surface area contributed by atoms with Gasteiger partial charge in [0.1, 0.15) is 11.6 Å². The Hall–Kier alpha value is -3.87. The van der Waals surface area contributed by atoms with Gasteiger partial charge in [0.05, 0.1) is 5.69 Å². The number of aryl methyl sites for hydroxylation is 1. The molecule has 5 rings (SSSR count). The Morgan fingerprint density at radius 2 is 1.71 bits per heavy atom. The van der Waals surface area contributed by atoms with E-state index in [-0.39, 0.29) is 0 Å². The van der Waals surface area contributed by atoms with Crippen LogP contribution in [0.4, 0.5) is 17.3 Å². The zero-order chi connectivity index (χ0) is 27.5. The summed E-state index contributed by atoms with van der Waals surface area (Å²) in [6.07, 6.45) is 5.16. The zero-order valence-corrected chi connectivity index (χ0v) is 23.9. The fraction of sp³-hybridized carbons (Fsp3) is 0.387. The number of hydrogen-bond donors (Lipinski definition) is 1. The summed E-state index contributed by atoms with van der Waals surface area (Å²) in [6, 6.07) is 18.5. The van der Waals surface area contributed by atoms with Crippen LogP contribution in [-0.2, 0) is 6.42 Å². The van der Waals surface area contributed by atoms with Gasteiger partial charge in [0.2, 0.25) is 0 Å². The fourth-order valence-electron chi connectivity index (χ4n) is 4.35. The van der Waals surface area contributed by atoms with E-state index in [4.69, 9.17) is 4.98 Å². The maximum absolute atomic E-state index is 4.84. The molecule has 1 aromatic carbocycles. The molecule has 0 atom stereocenters. The summed E-state index contributed by atoms with van der Waals surface area (Å²) in [5, 5.41) is 8.19. The predicted molar refractivity (Wildman–Crippen MR) is 161 cm³/mol. The van der Waals surface area contributed by atoms with Gasteiger partial charge in [-0.1, -0.05) is 52.5 Å². The normalized spacial score (nSPS) is 12.3. The Labute approximate surface area is 228 Å². The predicted octanol–water partition coefficient (Wildman–Crippen LogP) is 6.97. The first-order valence-corrected chi connectivity index (χ1v) is 13.9. The Morgan fingerprint density at radius 3 is 2.37 bits per heavy atom. The van der Waals surface area contributed by atoms with Crippen LogP contribution in [0, 0.1) is 6.92 Å². The molecule has 0 saturated carbocycles. The first kappa shape index (κ1) is 28.7. The molecule has 4 aromatic rings. The number of aromatic nitrogens is 4. The molecule has 0 radical (unpaired) electrons. The Bertz CT molecular complexity index is 1270. The summed E-state index contributed by atoms with van der Waals surface area (Å²) >= 11 is 0. The van der Waals surface area contributed by atoms with Gasteiger partial charge in [0.25, 0.3) is 0 Å². The fourth-order valence-corrected chi connectivity index (χ4v) is 4.35. The van der Waals surface area contributed by atoms with Gasteiger partial charge in [-0.15, -0.1) is 0 Å². The lowest BCUT2D eigenvalue weighted by Crippen LogP contribution is -2.20. The van der Waals surface area contributed by atoms with Crippen LogP contribution in [0.25, 0.3) is 11.3 Å². The first-order valence-electron chi connectivity index (χ1n) is 13.9. The lowest BCUT2D eigenvalue weighted by molar-refractivity contribution is 0.482. The van der Waals surface area contributed by atoms with E-state index in [1.807, 2.05) is 63.5 Å². The van der Waals surface area contributed by atoms with Crippen LogP contribution in [-0.4, -0.2) is 51.2 Å². The molecule has 0 unspecified atom stereocenters. The molecule has 7 heteroatoms. The largest absolute Gasteiger partial charge is 0.374 e. The highest BCUT2D eigenvalue weighted by Gasteiger charge is 2.17. The highest BCUT2D eigenvalue weighted by Crippen LogP contribution is 2.26. The standard InChI is InChI=1S/C27H31N7.2C2H6/c1-20-18-26-30-25(33-15-6-7-16-33)19-27(34(26)31-20)29-24-11-9-22(10-12-24)21(2)32(3)17-13-23-8-4-5-14-28-23;2*1-2/h4-5,8-12,14,18-19,29H,2,6-7,13,15-17H2,1,3H3;2*1-2H3. The highest BCUT2D eigenvalue weighted by atomic mass is 15.3. The third-order valence-corrected chi connectivity index (χ3v) is 6.35. The second-order valence-corrected chi connectivity index (χ2v) is 8.89. The van der Waals surface area contributed by atoms with Crippen LogP contribution < -0.4 is 10.2 Å². The molecular weight excluding hydrogens is 470 g/mol. The van der Waals surface area contributed by atoms with Crippen LogP contribution in [0.3, 0.4) is 0 Å². The minimum absolute atomic E-state index is 0.864. The van der Waals surface area contributed by atoms with Gasteiger partial charge in [0, 0.05) is 68.5 Å². The molecule has 1 aliphatic heterocycles. The summed E-state index contributed by atoms with van der Waals surface area (Å²) < 4.78 is 1.88. The average molecular weight is 514 g/mol. The SMILES string of the molecule is C=C(c1ccc(Nc2cc(N3CCCC3)nc3cc(C)nn23)cc1)N(C)CCc1ccccn1.CC.CC. The van der Waals surface area contributed by atoms with E-state index in [9.17, 15) is 0 Å². The van der Waals surface area contributed by atoms with E-state index in [1.165, 1.54) is 12.8 Å². The minimum Gasteiger partial charge on any atom is -0.374 e. The summed E-state index contributed by atoms with van der Waals surface area (Å²) in [4.78, 5) is 13.8. The van der Waals surface area contributed by atoms with Gasteiger partial charge in [-0.3, -0.25) is 4.98 Å². The molecule has 3 aromatic heterocycles. The molecule has 1 aliphatic rings. The maximum atomic E-state index is 4.84. The van der Waals surface area contributed by atoms with Crippen molar-refractivity contribution in [2.45, 2.75) is 53.9 Å². The summed E-state index contributed by atoms with van der Waals surface area (Å²) in [6.45, 7) is 17.3. The van der Waals surface area contributed by atoms with Crippen LogP contribution >= 0.6 is 0 Å². The summed E-state index contributed by atoms with van der Waals surface area (Å²) in [5.74, 6) is 1.92. The molecule has 4 heterocycles. The van der Waals surface area contributed by atoms with Crippen molar-refractivity contribution in [3.63, 3.8) is 0 Å². The third-order valence-electron chi connectivity index (χ3n) is 6.35. The molecule has 0 aliphatic carbocycles. The first-order chi connectivity index (χ1) is 18.6. The van der Waals surface area contributed by atoms with Gasteiger partial charge in [-0.2, -0.15) is 9.61 Å². The van der Waals surface area contributed by atoms with E-state index in [0.717, 1.165) is 71.7 Å². The van der Waals surface area contributed by atoms with Crippen LogP contribution in [0.15, 0.2) is 67.4 Å². The lowest BCUT2D eigenvalue weighted by atomic mass is 10.1. The topological polar surface area (TPSA) is 61.6 Å². The molecule has 1 N–H and O–H groups in total. The number of nitrogens with zero attached hydrogens (tertiary/aromatic N) is 6. The molecule has 0 amide bonds. The number of anilines is 3. The summed E-state index contributed by atoms with van der Waals surface area (Å²) in [7, 11) is 2.07. The van der Waals surface area contributed by atoms with Crippen molar-refractivity contribution in [3.8, 4) is 0 Å². The zero-order valence-electron chi connectivity index (χ0n) is 23.9. The number of likely N-dealkylation sites (N-methyl/N-ethyl adjacent to an activating group) is 1.